The number of hydrogen-bond acceptors (Lipinski definition) is 1. The number of alkyl halides is 1. The minimum atomic E-state index is 0.859. The summed E-state index contributed by atoms with van der Waals surface area (Å²) >= 11 is 3.36. The van der Waals surface area contributed by atoms with Gasteiger partial charge < -0.3 is 4.74 Å². The minimum Gasteiger partial charge on any atom is -0.381 e. The number of halogens is 1. The zero-order valence-electron chi connectivity index (χ0n) is 12.4. The Balaban J connectivity index is 2.86. The molecule has 0 N–H and O–H groups in total. The molecule has 0 fully saturated rings. The summed E-state index contributed by atoms with van der Waals surface area (Å²) in [5.74, 6) is 0. The Labute approximate surface area is 123 Å². The highest BCUT2D eigenvalue weighted by Gasteiger charge is 1.93. The zero-order valence-corrected chi connectivity index (χ0v) is 14.0. The SMILES string of the molecule is CCCCCCCCCCCCCCOCCBr. The molecule has 1 nitrogen and oxygen atoms in total. The second-order valence-electron chi connectivity index (χ2n) is 5.19. The highest BCUT2D eigenvalue weighted by Crippen LogP contribution is 2.11. The van der Waals surface area contributed by atoms with Gasteiger partial charge in [-0.15, -0.1) is 0 Å². The molecular weight excluding hydrogens is 288 g/mol. The normalized spacial score (nSPS) is 11.0. The Hall–Kier alpha value is 0.440. The van der Waals surface area contributed by atoms with Gasteiger partial charge in [0.25, 0.3) is 0 Å². The van der Waals surface area contributed by atoms with Gasteiger partial charge in [-0.2, -0.15) is 0 Å². The first-order valence-electron chi connectivity index (χ1n) is 8.05. The number of rotatable bonds is 15. The quantitative estimate of drug-likeness (QED) is 0.261. The number of ether oxygens (including phenoxy) is 1. The zero-order chi connectivity index (χ0) is 13.3. The third-order valence-electron chi connectivity index (χ3n) is 3.36. The van der Waals surface area contributed by atoms with E-state index in [1.807, 2.05) is 0 Å². The van der Waals surface area contributed by atoms with Crippen LogP contribution in [0.2, 0.25) is 0 Å². The Morgan fingerprint density at radius 3 is 1.50 bits per heavy atom. The molecular formula is C16H33BrO. The lowest BCUT2D eigenvalue weighted by Gasteiger charge is -2.03. The van der Waals surface area contributed by atoms with Crippen molar-refractivity contribution >= 4 is 15.9 Å². The van der Waals surface area contributed by atoms with E-state index >= 15 is 0 Å². The van der Waals surface area contributed by atoms with Crippen LogP contribution in [0.1, 0.15) is 84.0 Å². The molecule has 2 heteroatoms. The van der Waals surface area contributed by atoms with Crippen LogP contribution in [0.4, 0.5) is 0 Å². The Morgan fingerprint density at radius 1 is 0.611 bits per heavy atom. The fourth-order valence-electron chi connectivity index (χ4n) is 2.20. The molecule has 0 aromatic carbocycles. The van der Waals surface area contributed by atoms with Gasteiger partial charge in [0, 0.05) is 11.9 Å². The molecule has 18 heavy (non-hydrogen) atoms. The van der Waals surface area contributed by atoms with E-state index in [-0.39, 0.29) is 0 Å². The molecule has 0 unspecified atom stereocenters. The molecule has 0 aliphatic carbocycles. The average molecular weight is 321 g/mol. The summed E-state index contributed by atoms with van der Waals surface area (Å²) in [5.41, 5.74) is 0. The molecule has 0 saturated heterocycles. The molecule has 0 rings (SSSR count). The third-order valence-corrected chi connectivity index (χ3v) is 3.69. The molecule has 0 aromatic rings. The average Bonchev–Trinajstić information content (AvgIpc) is 2.39. The fourth-order valence-corrected chi connectivity index (χ4v) is 2.43. The summed E-state index contributed by atoms with van der Waals surface area (Å²) in [7, 11) is 0. The lowest BCUT2D eigenvalue weighted by atomic mass is 10.1. The van der Waals surface area contributed by atoms with Crippen molar-refractivity contribution in [2.45, 2.75) is 84.0 Å². The Kier molecular flexibility index (Phi) is 17.9. The lowest BCUT2D eigenvalue weighted by molar-refractivity contribution is 0.146. The molecule has 0 heterocycles. The van der Waals surface area contributed by atoms with Gasteiger partial charge in [0.05, 0.1) is 6.61 Å². The van der Waals surface area contributed by atoms with Crippen molar-refractivity contribution in [2.75, 3.05) is 18.5 Å². The van der Waals surface area contributed by atoms with Crippen molar-refractivity contribution in [3.05, 3.63) is 0 Å². The first kappa shape index (κ1) is 18.4. The number of hydrogen-bond donors (Lipinski definition) is 0. The van der Waals surface area contributed by atoms with Gasteiger partial charge in [-0.3, -0.25) is 0 Å². The van der Waals surface area contributed by atoms with E-state index in [0.29, 0.717) is 0 Å². The molecule has 0 aromatic heterocycles. The van der Waals surface area contributed by atoms with Crippen LogP contribution in [0, 0.1) is 0 Å². The van der Waals surface area contributed by atoms with Crippen molar-refractivity contribution in [3.8, 4) is 0 Å². The maximum absolute atomic E-state index is 5.43. The molecule has 0 aliphatic rings. The molecule has 0 spiro atoms. The van der Waals surface area contributed by atoms with Crippen molar-refractivity contribution in [2.24, 2.45) is 0 Å². The Bertz CT molecular complexity index is 123. The van der Waals surface area contributed by atoms with Crippen LogP contribution in [-0.4, -0.2) is 18.5 Å². The molecule has 110 valence electrons. The standard InChI is InChI=1S/C16H33BrO/c1-2-3-4-5-6-7-8-9-10-11-12-13-15-18-16-14-17/h2-16H2,1H3. The van der Waals surface area contributed by atoms with E-state index in [9.17, 15) is 0 Å². The largest absolute Gasteiger partial charge is 0.381 e. The van der Waals surface area contributed by atoms with Crippen molar-refractivity contribution in [1.29, 1.82) is 0 Å². The smallest absolute Gasteiger partial charge is 0.0563 e. The molecule has 0 bridgehead atoms. The summed E-state index contributed by atoms with van der Waals surface area (Å²) in [6.45, 7) is 4.09. The van der Waals surface area contributed by atoms with Crippen LogP contribution in [0.25, 0.3) is 0 Å². The van der Waals surface area contributed by atoms with E-state index in [0.717, 1.165) is 18.5 Å². The first-order valence-corrected chi connectivity index (χ1v) is 9.17. The van der Waals surface area contributed by atoms with Gasteiger partial charge >= 0.3 is 0 Å². The maximum Gasteiger partial charge on any atom is 0.0563 e. The highest BCUT2D eigenvalue weighted by atomic mass is 79.9. The second kappa shape index (κ2) is 17.4. The topological polar surface area (TPSA) is 9.23 Å². The molecule has 0 saturated carbocycles. The van der Waals surface area contributed by atoms with E-state index in [1.165, 1.54) is 77.0 Å². The van der Waals surface area contributed by atoms with Crippen LogP contribution in [-0.2, 0) is 4.74 Å². The molecule has 0 aliphatic heterocycles. The number of unbranched alkanes of at least 4 members (excludes halogenated alkanes) is 11. The van der Waals surface area contributed by atoms with Crippen molar-refractivity contribution in [3.63, 3.8) is 0 Å². The van der Waals surface area contributed by atoms with E-state index in [4.69, 9.17) is 4.74 Å². The minimum absolute atomic E-state index is 0.859. The Morgan fingerprint density at radius 2 is 1.06 bits per heavy atom. The third kappa shape index (κ3) is 16.4. The highest BCUT2D eigenvalue weighted by molar-refractivity contribution is 9.09. The second-order valence-corrected chi connectivity index (χ2v) is 5.98. The summed E-state index contributed by atoms with van der Waals surface area (Å²) in [6.07, 6.45) is 16.9. The van der Waals surface area contributed by atoms with Crippen LogP contribution >= 0.6 is 15.9 Å². The molecule has 0 atom stereocenters. The van der Waals surface area contributed by atoms with Gasteiger partial charge in [-0.1, -0.05) is 93.5 Å². The van der Waals surface area contributed by atoms with Crippen molar-refractivity contribution in [1.82, 2.24) is 0 Å². The fraction of sp³-hybridized carbons (Fsp3) is 1.00. The summed E-state index contributed by atoms with van der Waals surface area (Å²) < 4.78 is 5.43. The van der Waals surface area contributed by atoms with Crippen LogP contribution < -0.4 is 0 Å². The molecule has 0 radical (unpaired) electrons. The van der Waals surface area contributed by atoms with Gasteiger partial charge in [-0.05, 0) is 6.42 Å². The summed E-state index contributed by atoms with van der Waals surface area (Å²) in [4.78, 5) is 0. The van der Waals surface area contributed by atoms with E-state index < -0.39 is 0 Å². The lowest BCUT2D eigenvalue weighted by Crippen LogP contribution is -1.97. The predicted octanol–water partition coefficient (Wildman–Crippen LogP) is 6.10. The monoisotopic (exact) mass is 320 g/mol. The summed E-state index contributed by atoms with van der Waals surface area (Å²) in [6, 6.07) is 0. The first-order chi connectivity index (χ1) is 8.91. The van der Waals surface area contributed by atoms with E-state index in [2.05, 4.69) is 22.9 Å². The van der Waals surface area contributed by atoms with Crippen molar-refractivity contribution < 1.29 is 4.74 Å². The molecule has 0 amide bonds. The van der Waals surface area contributed by atoms with Gasteiger partial charge in [0.1, 0.15) is 0 Å². The van der Waals surface area contributed by atoms with Gasteiger partial charge in [0.2, 0.25) is 0 Å². The van der Waals surface area contributed by atoms with Crippen LogP contribution in [0.5, 0.6) is 0 Å². The predicted molar refractivity (Wildman–Crippen MR) is 85.7 cm³/mol. The maximum atomic E-state index is 5.43. The van der Waals surface area contributed by atoms with Gasteiger partial charge in [0.15, 0.2) is 0 Å². The van der Waals surface area contributed by atoms with E-state index in [1.54, 1.807) is 0 Å². The summed E-state index contributed by atoms with van der Waals surface area (Å²) in [5, 5.41) is 0.964. The van der Waals surface area contributed by atoms with Crippen LogP contribution in [0.15, 0.2) is 0 Å². The van der Waals surface area contributed by atoms with Gasteiger partial charge in [-0.25, -0.2) is 0 Å². The van der Waals surface area contributed by atoms with Crippen LogP contribution in [0.3, 0.4) is 0 Å².